The molecule has 9 aromatic carbocycles. The summed E-state index contributed by atoms with van der Waals surface area (Å²) in [4.78, 5) is 5.07. The molecule has 0 amide bonds. The largest absolute Gasteiger partial charge is 0.310 e. The number of fused-ring (bicyclic) bond motifs is 7. The van der Waals surface area contributed by atoms with Gasteiger partial charge in [-0.25, -0.2) is 0 Å². The summed E-state index contributed by atoms with van der Waals surface area (Å²) < 4.78 is 0. The highest BCUT2D eigenvalue weighted by atomic mass is 15.2. The maximum absolute atomic E-state index is 2.57. The number of nitrogens with zero attached hydrogens (tertiary/aromatic N) is 2. The first-order chi connectivity index (χ1) is 28.3. The van der Waals surface area contributed by atoms with Gasteiger partial charge in [0.25, 0.3) is 0 Å². The van der Waals surface area contributed by atoms with E-state index >= 15 is 0 Å². The summed E-state index contributed by atoms with van der Waals surface area (Å²) in [5, 5.41) is 4.92. The summed E-state index contributed by atoms with van der Waals surface area (Å²) >= 11 is 0. The van der Waals surface area contributed by atoms with Crippen molar-refractivity contribution in [3.05, 3.63) is 216 Å². The highest BCUT2D eigenvalue weighted by molar-refractivity contribution is 6.11. The molecule has 0 atom stereocenters. The van der Waals surface area contributed by atoms with E-state index in [1.54, 1.807) is 0 Å². The van der Waals surface area contributed by atoms with Crippen molar-refractivity contribution < 1.29 is 0 Å². The predicted octanol–water partition coefficient (Wildman–Crippen LogP) is 15.5. The van der Waals surface area contributed by atoms with Gasteiger partial charge in [-0.15, -0.1) is 0 Å². The Morgan fingerprint density at radius 1 is 0.379 bits per heavy atom. The SMILES string of the molecule is CC1(C)c2ccccc2-c2ccc(N(c3ccccc3)c3cccc4c3C(C)(C)c3ccccc3N4c3c(-c4cccc5ccccc45)ccc4ccccc34)cc21. The van der Waals surface area contributed by atoms with Gasteiger partial charge >= 0.3 is 0 Å². The average molecular weight is 745 g/mol. The number of benzene rings is 9. The fourth-order valence-electron chi connectivity index (χ4n) is 10.3. The van der Waals surface area contributed by atoms with E-state index in [1.165, 1.54) is 88.8 Å². The van der Waals surface area contributed by atoms with E-state index in [1.807, 2.05) is 0 Å². The minimum atomic E-state index is -0.345. The number of para-hydroxylation sites is 2. The maximum atomic E-state index is 2.57. The van der Waals surface area contributed by atoms with Crippen molar-refractivity contribution in [1.29, 1.82) is 0 Å². The zero-order valence-corrected chi connectivity index (χ0v) is 33.4. The number of hydrogen-bond donors (Lipinski definition) is 0. The molecule has 0 fully saturated rings. The summed E-state index contributed by atoms with van der Waals surface area (Å²) in [6.45, 7) is 9.56. The molecule has 11 rings (SSSR count). The molecule has 0 unspecified atom stereocenters. The predicted molar refractivity (Wildman–Crippen MR) is 246 cm³/mol. The third-order valence-electron chi connectivity index (χ3n) is 13.0. The van der Waals surface area contributed by atoms with E-state index < -0.39 is 0 Å². The number of rotatable bonds is 5. The molecule has 2 aliphatic rings. The molecule has 1 aliphatic carbocycles. The van der Waals surface area contributed by atoms with E-state index in [-0.39, 0.29) is 10.8 Å². The highest BCUT2D eigenvalue weighted by Gasteiger charge is 2.42. The standard InChI is InChI=1S/C56H44N2/c1-55(2)47-27-13-12-25-44(47)45-35-33-40(36-49(45)55)57(39-21-6-5-7-22-39)51-30-17-31-52-53(51)56(3,4)48-28-14-15-29-50(48)58(52)54-42-24-11-9-19-38(42)32-34-46(54)43-26-16-20-37-18-8-10-23-41(37)43/h5-36H,1-4H3. The van der Waals surface area contributed by atoms with Crippen molar-refractivity contribution in [2.45, 2.75) is 38.5 Å². The van der Waals surface area contributed by atoms with Crippen LogP contribution in [0.4, 0.5) is 34.1 Å². The molecule has 2 heteroatoms. The van der Waals surface area contributed by atoms with Gasteiger partial charge in [-0.2, -0.15) is 0 Å². The molecule has 1 heterocycles. The van der Waals surface area contributed by atoms with Crippen LogP contribution in [0.1, 0.15) is 49.9 Å². The monoisotopic (exact) mass is 744 g/mol. The molecule has 278 valence electrons. The van der Waals surface area contributed by atoms with Gasteiger partial charge in [0.15, 0.2) is 0 Å². The van der Waals surface area contributed by atoms with Crippen LogP contribution in [0.3, 0.4) is 0 Å². The Morgan fingerprint density at radius 2 is 0.966 bits per heavy atom. The minimum Gasteiger partial charge on any atom is -0.310 e. The van der Waals surface area contributed by atoms with Gasteiger partial charge in [0.2, 0.25) is 0 Å². The fourth-order valence-corrected chi connectivity index (χ4v) is 10.3. The summed E-state index contributed by atoms with van der Waals surface area (Å²) in [7, 11) is 0. The van der Waals surface area contributed by atoms with E-state index in [0.29, 0.717) is 0 Å². The molecule has 1 aliphatic heterocycles. The lowest BCUT2D eigenvalue weighted by Crippen LogP contribution is -2.32. The van der Waals surface area contributed by atoms with Crippen molar-refractivity contribution in [3.63, 3.8) is 0 Å². The van der Waals surface area contributed by atoms with E-state index in [0.717, 1.165) is 11.4 Å². The molecular formula is C56H44N2. The Bertz CT molecular complexity index is 3080. The Hall–Kier alpha value is -6.90. The molecule has 58 heavy (non-hydrogen) atoms. The molecule has 0 aromatic heterocycles. The van der Waals surface area contributed by atoms with Gasteiger partial charge < -0.3 is 9.80 Å². The van der Waals surface area contributed by atoms with Crippen LogP contribution in [-0.2, 0) is 10.8 Å². The number of anilines is 6. The van der Waals surface area contributed by atoms with Crippen molar-refractivity contribution in [3.8, 4) is 22.3 Å². The van der Waals surface area contributed by atoms with Crippen LogP contribution in [0, 0.1) is 0 Å². The van der Waals surface area contributed by atoms with Crippen molar-refractivity contribution in [2.24, 2.45) is 0 Å². The Morgan fingerprint density at radius 3 is 1.79 bits per heavy atom. The topological polar surface area (TPSA) is 6.48 Å². The summed E-state index contributed by atoms with van der Waals surface area (Å²) in [5.41, 5.74) is 17.0. The average Bonchev–Trinajstić information content (AvgIpc) is 3.49. The lowest BCUT2D eigenvalue weighted by atomic mass is 9.72. The second kappa shape index (κ2) is 12.8. The van der Waals surface area contributed by atoms with Crippen molar-refractivity contribution in [1.82, 2.24) is 0 Å². The summed E-state index contributed by atoms with van der Waals surface area (Å²) in [5.74, 6) is 0. The lowest BCUT2D eigenvalue weighted by molar-refractivity contribution is 0.632. The molecular weight excluding hydrogens is 701 g/mol. The second-order valence-corrected chi connectivity index (χ2v) is 16.9. The lowest BCUT2D eigenvalue weighted by Gasteiger charge is -2.45. The van der Waals surface area contributed by atoms with Crippen LogP contribution in [0.2, 0.25) is 0 Å². The fraction of sp³-hybridized carbons (Fsp3) is 0.107. The normalized spacial score (nSPS) is 14.4. The molecule has 2 nitrogen and oxygen atoms in total. The van der Waals surface area contributed by atoms with Gasteiger partial charge in [0.05, 0.1) is 22.7 Å². The van der Waals surface area contributed by atoms with Crippen LogP contribution >= 0.6 is 0 Å². The molecule has 0 saturated heterocycles. The van der Waals surface area contributed by atoms with Crippen LogP contribution in [0.25, 0.3) is 43.8 Å². The van der Waals surface area contributed by atoms with Crippen LogP contribution in [-0.4, -0.2) is 0 Å². The molecule has 0 saturated carbocycles. The first-order valence-corrected chi connectivity index (χ1v) is 20.4. The van der Waals surface area contributed by atoms with Gasteiger partial charge in [-0.05, 0) is 92.0 Å². The third kappa shape index (κ3) is 4.98. The quantitative estimate of drug-likeness (QED) is 0.173. The summed E-state index contributed by atoms with van der Waals surface area (Å²) in [6, 6.07) is 71.9. The first-order valence-electron chi connectivity index (χ1n) is 20.4. The molecule has 9 aromatic rings. The molecule has 0 N–H and O–H groups in total. The van der Waals surface area contributed by atoms with Gasteiger partial charge in [0, 0.05) is 38.7 Å². The van der Waals surface area contributed by atoms with Crippen molar-refractivity contribution >= 4 is 55.7 Å². The van der Waals surface area contributed by atoms with Crippen LogP contribution < -0.4 is 9.80 Å². The van der Waals surface area contributed by atoms with E-state index in [4.69, 9.17) is 0 Å². The van der Waals surface area contributed by atoms with Gasteiger partial charge in [0.1, 0.15) is 0 Å². The van der Waals surface area contributed by atoms with Gasteiger partial charge in [-0.3, -0.25) is 0 Å². The Kier molecular flexibility index (Phi) is 7.59. The first kappa shape index (κ1) is 34.4. The maximum Gasteiger partial charge on any atom is 0.0618 e. The Labute approximate surface area is 341 Å². The zero-order chi connectivity index (χ0) is 39.2. The third-order valence-corrected chi connectivity index (χ3v) is 13.0. The van der Waals surface area contributed by atoms with Crippen LogP contribution in [0.5, 0.6) is 0 Å². The minimum absolute atomic E-state index is 0.123. The summed E-state index contributed by atoms with van der Waals surface area (Å²) in [6.07, 6.45) is 0. The molecule has 0 radical (unpaired) electrons. The van der Waals surface area contributed by atoms with E-state index in [2.05, 4.69) is 232 Å². The van der Waals surface area contributed by atoms with Crippen LogP contribution in [0.15, 0.2) is 194 Å². The Balaban J connectivity index is 1.21. The van der Waals surface area contributed by atoms with Crippen molar-refractivity contribution in [2.75, 3.05) is 9.80 Å². The molecule has 0 bridgehead atoms. The van der Waals surface area contributed by atoms with Gasteiger partial charge in [-0.1, -0.05) is 179 Å². The zero-order valence-electron chi connectivity index (χ0n) is 33.4. The second-order valence-electron chi connectivity index (χ2n) is 16.9. The molecule has 0 spiro atoms. The van der Waals surface area contributed by atoms with E-state index in [9.17, 15) is 0 Å². The number of hydrogen-bond acceptors (Lipinski definition) is 2. The smallest absolute Gasteiger partial charge is 0.0618 e. The highest BCUT2D eigenvalue weighted by Crippen LogP contribution is 2.59.